The van der Waals surface area contributed by atoms with E-state index in [1.807, 2.05) is 30.0 Å². The highest BCUT2D eigenvalue weighted by Crippen LogP contribution is 2.27. The summed E-state index contributed by atoms with van der Waals surface area (Å²) in [6.07, 6.45) is 1.52. The number of nitrogens with zero attached hydrogens (tertiary/aromatic N) is 2. The van der Waals surface area contributed by atoms with Gasteiger partial charge in [-0.1, -0.05) is 12.1 Å². The van der Waals surface area contributed by atoms with Gasteiger partial charge in [0.25, 0.3) is 5.91 Å². The van der Waals surface area contributed by atoms with Crippen LogP contribution in [0.3, 0.4) is 0 Å². The van der Waals surface area contributed by atoms with Crippen molar-refractivity contribution in [2.24, 2.45) is 0 Å². The Morgan fingerprint density at radius 2 is 2.17 bits per heavy atom. The maximum absolute atomic E-state index is 14.4. The Morgan fingerprint density at radius 3 is 2.96 bits per heavy atom. The van der Waals surface area contributed by atoms with E-state index in [-0.39, 0.29) is 17.8 Å². The number of halogens is 1. The van der Waals surface area contributed by atoms with Crippen molar-refractivity contribution < 1.29 is 13.9 Å². The number of amides is 1. The third-order valence-electron chi connectivity index (χ3n) is 3.85. The fourth-order valence-corrected chi connectivity index (χ4v) is 2.80. The summed E-state index contributed by atoms with van der Waals surface area (Å²) in [4.78, 5) is 18.1. The topological polar surface area (TPSA) is 54.5 Å². The van der Waals surface area contributed by atoms with Crippen LogP contribution in [0.2, 0.25) is 0 Å². The molecule has 1 amide bonds. The molecule has 0 aliphatic carbocycles. The molecule has 1 aromatic carbocycles. The molecule has 0 saturated heterocycles. The van der Waals surface area contributed by atoms with E-state index < -0.39 is 5.82 Å². The lowest BCUT2D eigenvalue weighted by Gasteiger charge is -2.26. The van der Waals surface area contributed by atoms with Gasteiger partial charge in [-0.15, -0.1) is 0 Å². The Kier molecular flexibility index (Phi) is 4.14. The molecular formula is C17H18FN3O2. The number of ether oxygens (including phenoxy) is 1. The van der Waals surface area contributed by atoms with Crippen molar-refractivity contribution in [3.05, 3.63) is 53.5 Å². The molecule has 0 radical (unpaired) electrons. The molecule has 0 saturated carbocycles. The largest absolute Gasteiger partial charge is 0.479 e. The predicted octanol–water partition coefficient (Wildman–Crippen LogP) is 2.37. The first-order valence-corrected chi connectivity index (χ1v) is 7.42. The van der Waals surface area contributed by atoms with Crippen LogP contribution >= 0.6 is 0 Å². The fourth-order valence-electron chi connectivity index (χ4n) is 2.80. The summed E-state index contributed by atoms with van der Waals surface area (Å²) < 4.78 is 19.3. The maximum Gasteiger partial charge on any atom is 0.253 e. The monoisotopic (exact) mass is 315 g/mol. The van der Waals surface area contributed by atoms with E-state index in [9.17, 15) is 9.18 Å². The minimum absolute atomic E-state index is 0.0205. The molecule has 1 unspecified atom stereocenters. The van der Waals surface area contributed by atoms with Crippen LogP contribution in [0.1, 0.15) is 22.8 Å². The van der Waals surface area contributed by atoms with Gasteiger partial charge in [-0.25, -0.2) is 9.37 Å². The lowest BCUT2D eigenvalue weighted by atomic mass is 10.1. The van der Waals surface area contributed by atoms with Crippen LogP contribution in [0.4, 0.5) is 10.1 Å². The van der Waals surface area contributed by atoms with Gasteiger partial charge in [-0.2, -0.15) is 0 Å². The van der Waals surface area contributed by atoms with Crippen LogP contribution in [0.15, 0.2) is 36.5 Å². The van der Waals surface area contributed by atoms with Crippen LogP contribution in [0.5, 0.6) is 5.88 Å². The second-order valence-corrected chi connectivity index (χ2v) is 5.57. The van der Waals surface area contributed by atoms with Gasteiger partial charge < -0.3 is 15.0 Å². The molecule has 5 nitrogen and oxygen atoms in total. The first-order chi connectivity index (χ1) is 11.1. The first-order valence-electron chi connectivity index (χ1n) is 7.42. The van der Waals surface area contributed by atoms with Crippen molar-refractivity contribution in [3.63, 3.8) is 0 Å². The summed E-state index contributed by atoms with van der Waals surface area (Å²) in [6.45, 7) is 2.86. The van der Waals surface area contributed by atoms with Gasteiger partial charge in [0, 0.05) is 36.6 Å². The summed E-state index contributed by atoms with van der Waals surface area (Å²) >= 11 is 0. The van der Waals surface area contributed by atoms with E-state index >= 15 is 0 Å². The molecule has 1 N–H and O–H groups in total. The third-order valence-corrected chi connectivity index (χ3v) is 3.85. The molecule has 23 heavy (non-hydrogen) atoms. The maximum atomic E-state index is 14.4. The summed E-state index contributed by atoms with van der Waals surface area (Å²) in [6, 6.07) is 8.94. The number of methoxy groups -OCH3 is 1. The number of para-hydroxylation sites is 1. The number of carbonyl (C=O) groups excluding carboxylic acids is 1. The zero-order valence-electron chi connectivity index (χ0n) is 13.0. The van der Waals surface area contributed by atoms with Gasteiger partial charge in [0.2, 0.25) is 5.88 Å². The average Bonchev–Trinajstić information content (AvgIpc) is 2.66. The lowest BCUT2D eigenvalue weighted by Crippen LogP contribution is -2.38. The van der Waals surface area contributed by atoms with Crippen LogP contribution in [0, 0.1) is 5.82 Å². The van der Waals surface area contributed by atoms with Crippen molar-refractivity contribution in [1.82, 2.24) is 10.3 Å². The highest BCUT2D eigenvalue weighted by Gasteiger charge is 2.25. The summed E-state index contributed by atoms with van der Waals surface area (Å²) in [5.41, 5.74) is 1.87. The molecular weight excluding hydrogens is 297 g/mol. The highest BCUT2D eigenvalue weighted by atomic mass is 19.1. The van der Waals surface area contributed by atoms with E-state index in [1.165, 1.54) is 13.3 Å². The molecule has 6 heteroatoms. The minimum atomic E-state index is -0.469. The van der Waals surface area contributed by atoms with Crippen molar-refractivity contribution in [1.29, 1.82) is 0 Å². The molecule has 2 aromatic rings. The normalized spacial score (nSPS) is 17.3. The van der Waals surface area contributed by atoms with E-state index in [0.29, 0.717) is 24.2 Å². The number of rotatable bonds is 3. The molecule has 0 spiro atoms. The van der Waals surface area contributed by atoms with Crippen LogP contribution in [-0.4, -0.2) is 30.6 Å². The van der Waals surface area contributed by atoms with Crippen molar-refractivity contribution >= 4 is 11.6 Å². The van der Waals surface area contributed by atoms with Gasteiger partial charge in [0.15, 0.2) is 5.82 Å². The molecule has 1 aliphatic heterocycles. The molecule has 120 valence electrons. The number of hydrogen-bond acceptors (Lipinski definition) is 4. The van der Waals surface area contributed by atoms with Gasteiger partial charge in [-0.05, 0) is 25.1 Å². The zero-order valence-corrected chi connectivity index (χ0v) is 13.0. The third kappa shape index (κ3) is 2.97. The quantitative estimate of drug-likeness (QED) is 0.945. The zero-order chi connectivity index (χ0) is 16.4. The molecule has 1 aliphatic rings. The number of carbonyl (C=O) groups is 1. The Labute approximate surface area is 134 Å². The minimum Gasteiger partial charge on any atom is -0.479 e. The molecule has 3 rings (SSSR count). The highest BCUT2D eigenvalue weighted by molar-refractivity contribution is 6.00. The average molecular weight is 315 g/mol. The van der Waals surface area contributed by atoms with Crippen LogP contribution in [-0.2, 0) is 6.54 Å². The van der Waals surface area contributed by atoms with Crippen molar-refractivity contribution in [2.75, 3.05) is 18.6 Å². The number of hydrogen-bond donors (Lipinski definition) is 1. The second-order valence-electron chi connectivity index (χ2n) is 5.57. The second kappa shape index (κ2) is 6.24. The molecule has 2 heterocycles. The van der Waals surface area contributed by atoms with Crippen molar-refractivity contribution in [2.45, 2.75) is 19.5 Å². The summed E-state index contributed by atoms with van der Waals surface area (Å²) in [5.74, 6) is -0.597. The number of nitrogens with one attached hydrogen (secondary N) is 1. The van der Waals surface area contributed by atoms with Crippen molar-refractivity contribution in [3.8, 4) is 5.88 Å². The first kappa shape index (κ1) is 15.3. The van der Waals surface area contributed by atoms with E-state index in [1.54, 1.807) is 12.1 Å². The number of anilines is 1. The number of benzene rings is 1. The smallest absolute Gasteiger partial charge is 0.253 e. The summed E-state index contributed by atoms with van der Waals surface area (Å²) in [7, 11) is 1.39. The van der Waals surface area contributed by atoms with E-state index in [2.05, 4.69) is 10.3 Å². The molecule has 0 bridgehead atoms. The molecule has 1 atom stereocenters. The molecule has 0 fully saturated rings. The number of aromatic nitrogens is 1. The fraction of sp³-hybridized carbons (Fsp3) is 0.294. The Morgan fingerprint density at radius 1 is 1.39 bits per heavy atom. The van der Waals surface area contributed by atoms with Crippen LogP contribution < -0.4 is 15.0 Å². The lowest BCUT2D eigenvalue weighted by molar-refractivity contribution is 0.0945. The number of fused-ring (bicyclic) bond motifs is 1. The SMILES string of the molecule is COc1nccc(CN2CC(C)NC(=O)c3ccccc32)c1F. The number of pyridine rings is 1. The van der Waals surface area contributed by atoms with E-state index in [4.69, 9.17) is 4.74 Å². The van der Waals surface area contributed by atoms with E-state index in [0.717, 1.165) is 5.69 Å². The van der Waals surface area contributed by atoms with Gasteiger partial charge in [0.1, 0.15) is 0 Å². The van der Waals surface area contributed by atoms with Gasteiger partial charge in [-0.3, -0.25) is 4.79 Å². The Hall–Kier alpha value is -2.63. The van der Waals surface area contributed by atoms with Gasteiger partial charge in [0.05, 0.1) is 12.7 Å². The standard InChI is InChI=1S/C17H18FN3O2/c1-11-9-21(10-12-7-8-19-17(23-2)15(12)18)14-6-4-3-5-13(14)16(22)20-11/h3-8,11H,9-10H2,1-2H3,(H,20,22). The summed E-state index contributed by atoms with van der Waals surface area (Å²) in [5, 5.41) is 2.94. The van der Waals surface area contributed by atoms with Crippen LogP contribution in [0.25, 0.3) is 0 Å². The Balaban J connectivity index is 1.98. The predicted molar refractivity (Wildman–Crippen MR) is 85.2 cm³/mol. The molecule has 1 aromatic heterocycles. The Bertz CT molecular complexity index is 736. The van der Waals surface area contributed by atoms with Gasteiger partial charge >= 0.3 is 0 Å².